The average Bonchev–Trinajstić information content (AvgIpc) is 3.27. The minimum atomic E-state index is -5.66. The molecule has 2 aromatic heterocycles. The number of ether oxygens (including phenoxy) is 1. The predicted octanol–water partition coefficient (Wildman–Crippen LogP) is 0.361. The van der Waals surface area contributed by atoms with Gasteiger partial charge in [-0.1, -0.05) is 11.6 Å². The summed E-state index contributed by atoms with van der Waals surface area (Å²) >= 11 is 0. The van der Waals surface area contributed by atoms with Gasteiger partial charge in [0, 0.05) is 0 Å². The lowest BCUT2D eigenvalue weighted by Gasteiger charge is -2.20. The molecule has 1 aliphatic heterocycles. The van der Waals surface area contributed by atoms with Crippen LogP contribution >= 0.6 is 23.5 Å². The number of nitrogens with zero attached hydrogens (tertiary/aromatic N) is 4. The molecule has 2 aromatic rings. The van der Waals surface area contributed by atoms with Crippen LogP contribution < -0.4 is 5.73 Å². The van der Waals surface area contributed by atoms with Gasteiger partial charge in [-0.2, -0.15) is 8.62 Å². The van der Waals surface area contributed by atoms with E-state index in [2.05, 4.69) is 32.6 Å². The van der Waals surface area contributed by atoms with E-state index in [1.54, 1.807) is 13.8 Å². The summed E-state index contributed by atoms with van der Waals surface area (Å²) in [4.78, 5) is 40.6. The van der Waals surface area contributed by atoms with Crippen molar-refractivity contribution >= 4 is 40.4 Å². The fourth-order valence-corrected chi connectivity index (χ4v) is 6.39. The number of anilines is 1. The number of hydrogen-bond acceptors (Lipinski definition) is 14. The Morgan fingerprint density at radius 3 is 2.33 bits per heavy atom. The van der Waals surface area contributed by atoms with Gasteiger partial charge >= 0.3 is 23.5 Å². The zero-order valence-electron chi connectivity index (χ0n) is 18.7. The van der Waals surface area contributed by atoms with Crippen LogP contribution in [0.15, 0.2) is 24.3 Å². The molecule has 0 radical (unpaired) electrons. The number of phosphoric acid groups is 3. The van der Waals surface area contributed by atoms with E-state index in [1.807, 2.05) is 0 Å². The first kappa shape index (κ1) is 28.9. The van der Waals surface area contributed by atoms with E-state index in [9.17, 15) is 38.6 Å². The van der Waals surface area contributed by atoms with Crippen LogP contribution in [0.3, 0.4) is 0 Å². The maximum Gasteiger partial charge on any atom is 0.490 e. The molecule has 1 fully saturated rings. The van der Waals surface area contributed by atoms with Gasteiger partial charge in [-0.05, 0) is 13.8 Å². The molecule has 3 heterocycles. The van der Waals surface area contributed by atoms with Gasteiger partial charge in [0.25, 0.3) is 0 Å². The monoisotopic (exact) mass is 575 g/mol. The number of phosphoric ester groups is 2. The number of nitrogens with two attached hydrogens (primary N) is 1. The minimum absolute atomic E-state index is 0.0513. The summed E-state index contributed by atoms with van der Waals surface area (Å²) in [6.07, 6.45) is -2.26. The van der Waals surface area contributed by atoms with E-state index >= 15 is 0 Å². The molecular formula is C15H24N5O13P3. The Hall–Kier alpha value is -1.62. The summed E-state index contributed by atoms with van der Waals surface area (Å²) < 4.78 is 59.4. The van der Waals surface area contributed by atoms with Crippen LogP contribution in [0, 0.1) is 0 Å². The van der Waals surface area contributed by atoms with Crippen molar-refractivity contribution in [1.82, 2.24) is 19.5 Å². The zero-order chi connectivity index (χ0) is 26.9. The number of aliphatic hydroxyl groups excluding tert-OH is 2. The molecule has 0 aromatic carbocycles. The van der Waals surface area contributed by atoms with Crippen LogP contribution in [-0.2, 0) is 36.1 Å². The maximum absolute atomic E-state index is 12.1. The number of rotatable bonds is 11. The van der Waals surface area contributed by atoms with Crippen molar-refractivity contribution in [2.75, 3.05) is 18.9 Å². The molecule has 7 N–H and O–H groups in total. The van der Waals surface area contributed by atoms with Crippen LogP contribution in [0.5, 0.6) is 0 Å². The van der Waals surface area contributed by atoms with Crippen LogP contribution in [-0.4, -0.2) is 75.9 Å². The van der Waals surface area contributed by atoms with Gasteiger partial charge in [0.05, 0.1) is 19.5 Å². The molecule has 0 spiro atoms. The third-order valence-electron chi connectivity index (χ3n) is 4.54. The molecule has 1 saturated heterocycles. The molecular weight excluding hydrogens is 551 g/mol. The van der Waals surface area contributed by atoms with Gasteiger partial charge < -0.3 is 35.4 Å². The van der Waals surface area contributed by atoms with Crippen LogP contribution in [0.1, 0.15) is 20.1 Å². The smallest absolute Gasteiger partial charge is 0.387 e. The summed E-state index contributed by atoms with van der Waals surface area (Å²) in [5, 5.41) is 20.7. The molecule has 18 nitrogen and oxygen atoms in total. The van der Waals surface area contributed by atoms with Gasteiger partial charge in [0.1, 0.15) is 30.2 Å². The SMILES string of the molecule is CC(C)=CCOP(=O)(O)OP(=O)(O)OP(=O)(O)OC[C@H]1O[C@@H](n2cnc3c(N)ncnc32)[C@H](O)[C@@H]1O. The van der Waals surface area contributed by atoms with E-state index in [4.69, 9.17) is 10.5 Å². The molecule has 36 heavy (non-hydrogen) atoms. The van der Waals surface area contributed by atoms with Gasteiger partial charge in [0.2, 0.25) is 0 Å². The maximum atomic E-state index is 12.1. The van der Waals surface area contributed by atoms with Gasteiger partial charge in [0.15, 0.2) is 17.7 Å². The second kappa shape index (κ2) is 11.0. The van der Waals surface area contributed by atoms with Crippen molar-refractivity contribution in [2.45, 2.75) is 38.4 Å². The highest BCUT2D eigenvalue weighted by Gasteiger charge is 2.47. The van der Waals surface area contributed by atoms with E-state index in [0.717, 1.165) is 6.33 Å². The highest BCUT2D eigenvalue weighted by molar-refractivity contribution is 7.66. The second-order valence-electron chi connectivity index (χ2n) is 7.57. The third kappa shape index (κ3) is 7.24. The lowest BCUT2D eigenvalue weighted by atomic mass is 10.1. The first-order chi connectivity index (χ1) is 16.6. The third-order valence-corrected chi connectivity index (χ3v) is 8.79. The molecule has 7 atom stereocenters. The Kier molecular flexibility index (Phi) is 8.85. The quantitative estimate of drug-likeness (QED) is 0.156. The fourth-order valence-electron chi connectivity index (χ4n) is 2.94. The molecule has 0 saturated carbocycles. The number of allylic oxidation sites excluding steroid dienone is 1. The van der Waals surface area contributed by atoms with Crippen molar-refractivity contribution in [2.24, 2.45) is 0 Å². The van der Waals surface area contributed by atoms with E-state index < -0.39 is 61.2 Å². The molecule has 21 heteroatoms. The molecule has 0 aliphatic carbocycles. The predicted molar refractivity (Wildman–Crippen MR) is 119 cm³/mol. The Bertz CT molecular complexity index is 1270. The summed E-state index contributed by atoms with van der Waals surface area (Å²) in [6.45, 7) is 1.91. The van der Waals surface area contributed by atoms with Crippen molar-refractivity contribution in [3.05, 3.63) is 24.3 Å². The molecule has 1 aliphatic rings. The summed E-state index contributed by atoms with van der Waals surface area (Å²) in [5.74, 6) is 0.0513. The average molecular weight is 575 g/mol. The van der Waals surface area contributed by atoms with Gasteiger partial charge in [-0.25, -0.2) is 28.6 Å². The minimum Gasteiger partial charge on any atom is -0.387 e. The highest BCUT2D eigenvalue weighted by Crippen LogP contribution is 2.67. The second-order valence-corrected chi connectivity index (χ2v) is 12.2. The van der Waals surface area contributed by atoms with Crippen LogP contribution in [0.2, 0.25) is 0 Å². The lowest BCUT2D eigenvalue weighted by Crippen LogP contribution is -2.33. The van der Waals surface area contributed by atoms with Crippen molar-refractivity contribution in [1.29, 1.82) is 0 Å². The molecule has 3 unspecified atom stereocenters. The topological polar surface area (TPSA) is 268 Å². The number of nitrogen functional groups attached to an aromatic ring is 1. The number of fused-ring (bicyclic) bond motifs is 1. The summed E-state index contributed by atoms with van der Waals surface area (Å²) in [7, 11) is -16.3. The number of aliphatic hydroxyl groups is 2. The Morgan fingerprint density at radius 1 is 1.06 bits per heavy atom. The van der Waals surface area contributed by atoms with Gasteiger partial charge in [-0.3, -0.25) is 13.6 Å². The first-order valence-corrected chi connectivity index (χ1v) is 14.4. The molecule has 0 amide bonds. The van der Waals surface area contributed by atoms with Crippen LogP contribution in [0.4, 0.5) is 5.82 Å². The van der Waals surface area contributed by atoms with Crippen molar-refractivity contribution in [3.63, 3.8) is 0 Å². The largest absolute Gasteiger partial charge is 0.490 e. The molecule has 3 rings (SSSR count). The Labute approximate surface area is 203 Å². The fraction of sp³-hybridized carbons (Fsp3) is 0.533. The van der Waals surface area contributed by atoms with Gasteiger partial charge in [-0.15, -0.1) is 0 Å². The molecule has 202 valence electrons. The number of hydrogen-bond donors (Lipinski definition) is 6. The summed E-state index contributed by atoms with van der Waals surface area (Å²) in [5.41, 5.74) is 6.77. The summed E-state index contributed by atoms with van der Waals surface area (Å²) in [6, 6.07) is 0. The standard InChI is InChI=1S/C15H24N5O13P3/c1-8(2)3-4-29-34(23,24)32-36(27,28)33-35(25,26)30-5-9-11(21)12(22)15(31-9)20-7-19-10-13(16)17-6-18-14(10)20/h3,6-7,9,11-12,15,21-22H,4-5H2,1-2H3,(H,23,24)(H,25,26)(H,27,28)(H2,16,17,18)/t9-,11-,12-,15-/m1/s1. The van der Waals surface area contributed by atoms with E-state index in [-0.39, 0.29) is 17.0 Å². The van der Waals surface area contributed by atoms with E-state index in [1.165, 1.54) is 17.0 Å². The lowest BCUT2D eigenvalue weighted by molar-refractivity contribution is -0.0503. The van der Waals surface area contributed by atoms with Crippen molar-refractivity contribution in [3.8, 4) is 0 Å². The highest BCUT2D eigenvalue weighted by atomic mass is 31.3. The normalized spacial score (nSPS) is 27.3. The number of imidazole rings is 1. The first-order valence-electron chi connectivity index (χ1n) is 9.89. The number of aromatic nitrogens is 4. The van der Waals surface area contributed by atoms with Crippen molar-refractivity contribution < 1.29 is 61.0 Å². The molecule has 0 bridgehead atoms. The van der Waals surface area contributed by atoms with E-state index in [0.29, 0.717) is 5.57 Å². The van der Waals surface area contributed by atoms with Crippen LogP contribution in [0.25, 0.3) is 11.2 Å². The zero-order valence-corrected chi connectivity index (χ0v) is 21.3. The Balaban J connectivity index is 1.62. The Morgan fingerprint density at radius 2 is 1.69 bits per heavy atom.